The van der Waals surface area contributed by atoms with Gasteiger partial charge in [-0.15, -0.1) is 0 Å². The number of nitrogens with zero attached hydrogens (tertiary/aromatic N) is 3. The summed E-state index contributed by atoms with van der Waals surface area (Å²) in [7, 11) is 1.82. The van der Waals surface area contributed by atoms with Gasteiger partial charge in [-0.3, -0.25) is 9.48 Å². The van der Waals surface area contributed by atoms with Gasteiger partial charge in [-0.1, -0.05) is 18.2 Å². The zero-order valence-electron chi connectivity index (χ0n) is 11.5. The molecule has 1 aromatic carbocycles. The van der Waals surface area contributed by atoms with Crippen LogP contribution in [0.4, 0.5) is 0 Å². The highest BCUT2D eigenvalue weighted by Gasteiger charge is 2.23. The first-order valence-electron chi connectivity index (χ1n) is 6.39. The Balaban J connectivity index is 2.46. The first-order valence-corrected chi connectivity index (χ1v) is 6.39. The van der Waals surface area contributed by atoms with Crippen molar-refractivity contribution in [3.05, 3.63) is 30.0 Å². The first kappa shape index (κ1) is 13.5. The smallest absolute Gasteiger partial charge is 0.275 e. The van der Waals surface area contributed by atoms with Crippen molar-refractivity contribution in [2.45, 2.75) is 19.9 Å². The molecule has 0 unspecified atom stereocenters. The Morgan fingerprint density at radius 1 is 1.42 bits per heavy atom. The van der Waals surface area contributed by atoms with Crippen LogP contribution >= 0.6 is 0 Å². The van der Waals surface area contributed by atoms with E-state index in [1.54, 1.807) is 9.58 Å². The molecular formula is C14H19N3O2. The van der Waals surface area contributed by atoms with Gasteiger partial charge >= 0.3 is 0 Å². The summed E-state index contributed by atoms with van der Waals surface area (Å²) in [5.74, 6) is -0.138. The van der Waals surface area contributed by atoms with E-state index in [4.69, 9.17) is 5.11 Å². The lowest BCUT2D eigenvalue weighted by molar-refractivity contribution is 0.0660. The molecule has 1 aromatic heterocycles. The van der Waals surface area contributed by atoms with Crippen LogP contribution < -0.4 is 0 Å². The number of hydrogen-bond acceptors (Lipinski definition) is 3. The molecule has 102 valence electrons. The predicted molar refractivity (Wildman–Crippen MR) is 74.0 cm³/mol. The lowest BCUT2D eigenvalue weighted by Crippen LogP contribution is -2.39. The van der Waals surface area contributed by atoms with E-state index < -0.39 is 0 Å². The SMILES string of the molecule is CC(C)N(CCO)C(=O)c1nn(C)c2ccccc12. The third-order valence-electron chi connectivity index (χ3n) is 3.19. The number of aliphatic hydroxyl groups is 1. The zero-order chi connectivity index (χ0) is 14.0. The Hall–Kier alpha value is -1.88. The fraction of sp³-hybridized carbons (Fsp3) is 0.429. The molecule has 2 rings (SSSR count). The molecule has 0 aliphatic heterocycles. The lowest BCUT2D eigenvalue weighted by Gasteiger charge is -2.25. The van der Waals surface area contributed by atoms with Gasteiger partial charge in [0.2, 0.25) is 0 Å². The standard InChI is InChI=1S/C14H19N3O2/c1-10(2)17(8-9-18)14(19)13-11-6-4-5-7-12(11)16(3)15-13/h4-7,10,18H,8-9H2,1-3H3. The van der Waals surface area contributed by atoms with E-state index in [2.05, 4.69) is 5.10 Å². The molecule has 0 saturated carbocycles. The molecule has 1 heterocycles. The van der Waals surface area contributed by atoms with Gasteiger partial charge in [0.25, 0.3) is 5.91 Å². The molecule has 0 saturated heterocycles. The number of hydrogen-bond donors (Lipinski definition) is 1. The number of carbonyl (C=O) groups excluding carboxylic acids is 1. The number of benzene rings is 1. The van der Waals surface area contributed by atoms with Gasteiger partial charge in [0, 0.05) is 25.0 Å². The van der Waals surface area contributed by atoms with Crippen molar-refractivity contribution in [2.24, 2.45) is 7.05 Å². The highest BCUT2D eigenvalue weighted by Crippen LogP contribution is 2.19. The van der Waals surface area contributed by atoms with E-state index in [1.165, 1.54) is 0 Å². The van der Waals surface area contributed by atoms with E-state index in [0.29, 0.717) is 12.2 Å². The Morgan fingerprint density at radius 3 is 2.74 bits per heavy atom. The van der Waals surface area contributed by atoms with E-state index in [1.807, 2.05) is 45.2 Å². The number of carbonyl (C=O) groups is 1. The molecule has 0 spiro atoms. The van der Waals surface area contributed by atoms with Gasteiger partial charge in [-0.05, 0) is 19.9 Å². The number of aryl methyl sites for hydroxylation is 1. The van der Waals surface area contributed by atoms with Crippen LogP contribution in [0.15, 0.2) is 24.3 Å². The van der Waals surface area contributed by atoms with Crippen LogP contribution in [0.25, 0.3) is 10.9 Å². The summed E-state index contributed by atoms with van der Waals surface area (Å²) in [6.45, 7) is 4.13. The fourth-order valence-electron chi connectivity index (χ4n) is 2.21. The second-order valence-corrected chi connectivity index (χ2v) is 4.81. The minimum Gasteiger partial charge on any atom is -0.395 e. The van der Waals surface area contributed by atoms with Crippen molar-refractivity contribution in [2.75, 3.05) is 13.2 Å². The monoisotopic (exact) mass is 261 g/mol. The summed E-state index contributed by atoms with van der Waals surface area (Å²) >= 11 is 0. The Bertz CT molecular complexity index is 589. The van der Waals surface area contributed by atoms with Gasteiger partial charge in [0.1, 0.15) is 0 Å². The maximum Gasteiger partial charge on any atom is 0.275 e. The van der Waals surface area contributed by atoms with Crippen molar-refractivity contribution >= 4 is 16.8 Å². The average Bonchev–Trinajstić information content (AvgIpc) is 2.73. The second kappa shape index (κ2) is 5.40. The highest BCUT2D eigenvalue weighted by atomic mass is 16.3. The maximum absolute atomic E-state index is 12.5. The number of para-hydroxylation sites is 1. The molecular weight excluding hydrogens is 242 g/mol. The Morgan fingerprint density at radius 2 is 2.11 bits per heavy atom. The van der Waals surface area contributed by atoms with Gasteiger partial charge < -0.3 is 10.0 Å². The van der Waals surface area contributed by atoms with Crippen LogP contribution in [0.5, 0.6) is 0 Å². The fourth-order valence-corrected chi connectivity index (χ4v) is 2.21. The number of aromatic nitrogens is 2. The number of fused-ring (bicyclic) bond motifs is 1. The van der Waals surface area contributed by atoms with Crippen LogP contribution in [0, 0.1) is 0 Å². The Labute approximate surface area is 112 Å². The largest absolute Gasteiger partial charge is 0.395 e. The first-order chi connectivity index (χ1) is 9.06. The average molecular weight is 261 g/mol. The van der Waals surface area contributed by atoms with Crippen LogP contribution in [-0.2, 0) is 7.05 Å². The summed E-state index contributed by atoms with van der Waals surface area (Å²) < 4.78 is 1.71. The zero-order valence-corrected chi connectivity index (χ0v) is 11.5. The molecule has 0 atom stereocenters. The molecule has 5 nitrogen and oxygen atoms in total. The Kier molecular flexibility index (Phi) is 3.85. The molecule has 0 radical (unpaired) electrons. The third-order valence-corrected chi connectivity index (χ3v) is 3.19. The van der Waals surface area contributed by atoms with Gasteiger partial charge in [-0.2, -0.15) is 5.10 Å². The molecule has 0 aliphatic carbocycles. The van der Waals surface area contributed by atoms with Gasteiger partial charge in [-0.25, -0.2) is 0 Å². The summed E-state index contributed by atoms with van der Waals surface area (Å²) in [4.78, 5) is 14.2. The lowest BCUT2D eigenvalue weighted by atomic mass is 10.2. The normalized spacial score (nSPS) is 11.2. The summed E-state index contributed by atoms with van der Waals surface area (Å²) in [6.07, 6.45) is 0. The van der Waals surface area contributed by atoms with Crippen LogP contribution in [0.3, 0.4) is 0 Å². The van der Waals surface area contributed by atoms with Gasteiger partial charge in [0.15, 0.2) is 5.69 Å². The molecule has 1 N–H and O–H groups in total. The van der Waals surface area contributed by atoms with Crippen molar-refractivity contribution < 1.29 is 9.90 Å². The summed E-state index contributed by atoms with van der Waals surface area (Å²) in [5, 5.41) is 14.2. The summed E-state index contributed by atoms with van der Waals surface area (Å²) in [6, 6.07) is 7.68. The van der Waals surface area contributed by atoms with Crippen molar-refractivity contribution in [3.8, 4) is 0 Å². The second-order valence-electron chi connectivity index (χ2n) is 4.81. The minimum absolute atomic E-state index is 0.0282. The molecule has 1 amide bonds. The maximum atomic E-state index is 12.5. The number of amides is 1. The predicted octanol–water partition coefficient (Wildman–Crippen LogP) is 1.42. The number of aliphatic hydroxyl groups excluding tert-OH is 1. The van der Waals surface area contributed by atoms with Gasteiger partial charge in [0.05, 0.1) is 12.1 Å². The highest BCUT2D eigenvalue weighted by molar-refractivity contribution is 6.04. The summed E-state index contributed by atoms with van der Waals surface area (Å²) in [5.41, 5.74) is 1.37. The molecule has 2 aromatic rings. The number of rotatable bonds is 4. The molecule has 0 bridgehead atoms. The van der Waals surface area contributed by atoms with Crippen molar-refractivity contribution in [1.82, 2.24) is 14.7 Å². The van der Waals surface area contributed by atoms with Crippen molar-refractivity contribution in [3.63, 3.8) is 0 Å². The van der Waals surface area contributed by atoms with Crippen LogP contribution in [-0.4, -0.2) is 44.9 Å². The molecule has 19 heavy (non-hydrogen) atoms. The van der Waals surface area contributed by atoms with Crippen LogP contribution in [0.1, 0.15) is 24.3 Å². The molecule has 0 aliphatic rings. The van der Waals surface area contributed by atoms with E-state index in [9.17, 15) is 4.79 Å². The minimum atomic E-state index is -0.138. The van der Waals surface area contributed by atoms with Crippen LogP contribution in [0.2, 0.25) is 0 Å². The van der Waals surface area contributed by atoms with E-state index in [-0.39, 0.29) is 18.6 Å². The third kappa shape index (κ3) is 2.46. The quantitative estimate of drug-likeness (QED) is 0.905. The van der Waals surface area contributed by atoms with Crippen molar-refractivity contribution in [1.29, 1.82) is 0 Å². The van der Waals surface area contributed by atoms with E-state index >= 15 is 0 Å². The molecule has 5 heteroatoms. The molecule has 0 fully saturated rings. The van der Waals surface area contributed by atoms with E-state index in [0.717, 1.165) is 10.9 Å². The topological polar surface area (TPSA) is 58.4 Å².